The van der Waals surface area contributed by atoms with E-state index in [9.17, 15) is 4.79 Å². The monoisotopic (exact) mass is 185 g/mol. The van der Waals surface area contributed by atoms with Gasteiger partial charge in [-0.1, -0.05) is 13.8 Å². The van der Waals surface area contributed by atoms with Crippen molar-refractivity contribution in [1.82, 2.24) is 4.90 Å². The van der Waals surface area contributed by atoms with E-state index in [2.05, 4.69) is 13.8 Å². The van der Waals surface area contributed by atoms with Crippen LogP contribution in [-0.4, -0.2) is 30.7 Å². The van der Waals surface area contributed by atoms with Crippen LogP contribution in [0.5, 0.6) is 0 Å². The molecule has 0 unspecified atom stereocenters. The molecule has 13 heavy (non-hydrogen) atoms. The van der Waals surface area contributed by atoms with Gasteiger partial charge in [0.25, 0.3) is 0 Å². The Labute approximate surface area is 80.1 Å². The van der Waals surface area contributed by atoms with Crippen LogP contribution in [0, 0.1) is 11.8 Å². The van der Waals surface area contributed by atoms with Gasteiger partial charge in [-0.15, -0.1) is 0 Å². The molecule has 1 aliphatic heterocycles. The standard InChI is InChI=1S/C10H19NO2/c1-4-13-10(12)11-6-5-9(7-11)8(2)3/h8-9H,4-7H2,1-3H3/t9-/m0/s1. The van der Waals surface area contributed by atoms with Crippen LogP contribution in [-0.2, 0) is 4.74 Å². The molecule has 1 heterocycles. The minimum Gasteiger partial charge on any atom is -0.450 e. The number of hydrogen-bond donors (Lipinski definition) is 0. The first-order valence-electron chi connectivity index (χ1n) is 5.06. The molecule has 1 aliphatic rings. The lowest BCUT2D eigenvalue weighted by Gasteiger charge is -2.17. The Balaban J connectivity index is 2.36. The molecule has 76 valence electrons. The molecule has 0 aromatic rings. The Morgan fingerprint density at radius 2 is 2.31 bits per heavy atom. The lowest BCUT2D eigenvalue weighted by atomic mass is 9.95. The lowest BCUT2D eigenvalue weighted by molar-refractivity contribution is 0.113. The maximum Gasteiger partial charge on any atom is 0.409 e. The Bertz CT molecular complexity index is 180. The molecule has 3 heteroatoms. The van der Waals surface area contributed by atoms with Crippen LogP contribution in [0.3, 0.4) is 0 Å². The topological polar surface area (TPSA) is 29.5 Å². The third-order valence-corrected chi connectivity index (χ3v) is 2.69. The molecule has 0 spiro atoms. The summed E-state index contributed by atoms with van der Waals surface area (Å²) in [5.41, 5.74) is 0. The summed E-state index contributed by atoms with van der Waals surface area (Å²) in [5.74, 6) is 1.32. The van der Waals surface area contributed by atoms with Crippen molar-refractivity contribution in [3.8, 4) is 0 Å². The first kappa shape index (κ1) is 10.4. The van der Waals surface area contributed by atoms with Gasteiger partial charge in [0, 0.05) is 13.1 Å². The van der Waals surface area contributed by atoms with Crippen molar-refractivity contribution in [3.63, 3.8) is 0 Å². The van der Waals surface area contributed by atoms with Crippen LogP contribution in [0.4, 0.5) is 4.79 Å². The summed E-state index contributed by atoms with van der Waals surface area (Å²) in [6.45, 7) is 8.46. The number of carbonyl (C=O) groups excluding carboxylic acids is 1. The second-order valence-corrected chi connectivity index (χ2v) is 3.94. The molecule has 0 aromatic heterocycles. The van der Waals surface area contributed by atoms with E-state index in [0.717, 1.165) is 19.5 Å². The van der Waals surface area contributed by atoms with Gasteiger partial charge in [0.05, 0.1) is 6.61 Å². The molecule has 0 N–H and O–H groups in total. The highest BCUT2D eigenvalue weighted by molar-refractivity contribution is 5.67. The van der Waals surface area contributed by atoms with Gasteiger partial charge < -0.3 is 9.64 Å². The Morgan fingerprint density at radius 1 is 1.62 bits per heavy atom. The van der Waals surface area contributed by atoms with Crippen LogP contribution in [0.15, 0.2) is 0 Å². The van der Waals surface area contributed by atoms with Crippen LogP contribution >= 0.6 is 0 Å². The Kier molecular flexibility index (Phi) is 3.58. The van der Waals surface area contributed by atoms with E-state index in [4.69, 9.17) is 4.74 Å². The third kappa shape index (κ3) is 2.61. The molecule has 0 saturated carbocycles. The number of hydrogen-bond acceptors (Lipinski definition) is 2. The Morgan fingerprint density at radius 3 is 2.77 bits per heavy atom. The predicted molar refractivity (Wildman–Crippen MR) is 51.5 cm³/mol. The van der Waals surface area contributed by atoms with E-state index in [0.29, 0.717) is 18.4 Å². The molecule has 1 atom stereocenters. The van der Waals surface area contributed by atoms with Crippen molar-refractivity contribution in [3.05, 3.63) is 0 Å². The highest BCUT2D eigenvalue weighted by Gasteiger charge is 2.28. The van der Waals surface area contributed by atoms with Crippen LogP contribution in [0.2, 0.25) is 0 Å². The van der Waals surface area contributed by atoms with E-state index in [1.807, 2.05) is 11.8 Å². The molecule has 0 radical (unpaired) electrons. The quantitative estimate of drug-likeness (QED) is 0.659. The van der Waals surface area contributed by atoms with E-state index in [-0.39, 0.29) is 6.09 Å². The van der Waals surface area contributed by atoms with Crippen molar-refractivity contribution in [1.29, 1.82) is 0 Å². The molecule has 1 rings (SSSR count). The number of amides is 1. The largest absolute Gasteiger partial charge is 0.450 e. The number of likely N-dealkylation sites (tertiary alicyclic amines) is 1. The number of rotatable bonds is 2. The zero-order valence-electron chi connectivity index (χ0n) is 8.75. The van der Waals surface area contributed by atoms with E-state index >= 15 is 0 Å². The lowest BCUT2D eigenvalue weighted by Crippen LogP contribution is -2.29. The van der Waals surface area contributed by atoms with Crippen molar-refractivity contribution < 1.29 is 9.53 Å². The fraction of sp³-hybridized carbons (Fsp3) is 0.900. The number of ether oxygens (including phenoxy) is 1. The second kappa shape index (κ2) is 4.49. The molecule has 1 fully saturated rings. The zero-order chi connectivity index (χ0) is 9.84. The highest BCUT2D eigenvalue weighted by Crippen LogP contribution is 2.23. The number of carbonyl (C=O) groups is 1. The SMILES string of the molecule is CCOC(=O)N1CC[C@H](C(C)C)C1. The highest BCUT2D eigenvalue weighted by atomic mass is 16.6. The molecule has 3 nitrogen and oxygen atoms in total. The molecule has 1 amide bonds. The van der Waals surface area contributed by atoms with Gasteiger partial charge in [-0.2, -0.15) is 0 Å². The summed E-state index contributed by atoms with van der Waals surface area (Å²) >= 11 is 0. The fourth-order valence-corrected chi connectivity index (χ4v) is 1.71. The van der Waals surface area contributed by atoms with Crippen molar-refractivity contribution >= 4 is 6.09 Å². The normalized spacial score (nSPS) is 22.5. The van der Waals surface area contributed by atoms with Gasteiger partial charge in [-0.3, -0.25) is 0 Å². The maximum absolute atomic E-state index is 11.3. The summed E-state index contributed by atoms with van der Waals surface area (Å²) in [5, 5.41) is 0. The second-order valence-electron chi connectivity index (χ2n) is 3.94. The summed E-state index contributed by atoms with van der Waals surface area (Å²) in [6, 6.07) is 0. The average molecular weight is 185 g/mol. The Hall–Kier alpha value is -0.730. The van der Waals surface area contributed by atoms with E-state index in [1.165, 1.54) is 0 Å². The van der Waals surface area contributed by atoms with Crippen molar-refractivity contribution in [2.24, 2.45) is 11.8 Å². The van der Waals surface area contributed by atoms with Crippen molar-refractivity contribution in [2.75, 3.05) is 19.7 Å². The van der Waals surface area contributed by atoms with Gasteiger partial charge in [-0.25, -0.2) is 4.79 Å². The van der Waals surface area contributed by atoms with E-state index in [1.54, 1.807) is 0 Å². The van der Waals surface area contributed by atoms with Gasteiger partial charge in [0.1, 0.15) is 0 Å². The average Bonchev–Trinajstić information content (AvgIpc) is 2.52. The number of nitrogens with zero attached hydrogens (tertiary/aromatic N) is 1. The minimum absolute atomic E-state index is 0.148. The summed E-state index contributed by atoms with van der Waals surface area (Å²) < 4.78 is 4.94. The van der Waals surface area contributed by atoms with Gasteiger partial charge in [0.15, 0.2) is 0 Å². The zero-order valence-corrected chi connectivity index (χ0v) is 8.75. The fourth-order valence-electron chi connectivity index (χ4n) is 1.71. The molecule has 1 saturated heterocycles. The first-order chi connectivity index (χ1) is 6.15. The van der Waals surface area contributed by atoms with Crippen LogP contribution in [0.1, 0.15) is 27.2 Å². The van der Waals surface area contributed by atoms with Gasteiger partial charge in [-0.05, 0) is 25.2 Å². The first-order valence-corrected chi connectivity index (χ1v) is 5.06. The summed E-state index contributed by atoms with van der Waals surface area (Å²) in [6.07, 6.45) is 0.974. The molecule has 0 aliphatic carbocycles. The molecule has 0 bridgehead atoms. The smallest absolute Gasteiger partial charge is 0.409 e. The maximum atomic E-state index is 11.3. The van der Waals surface area contributed by atoms with Crippen molar-refractivity contribution in [2.45, 2.75) is 27.2 Å². The molecular formula is C10H19NO2. The van der Waals surface area contributed by atoms with E-state index < -0.39 is 0 Å². The summed E-state index contributed by atoms with van der Waals surface area (Å²) in [4.78, 5) is 13.1. The molecule has 0 aromatic carbocycles. The van der Waals surface area contributed by atoms with Crippen LogP contribution in [0.25, 0.3) is 0 Å². The minimum atomic E-state index is -0.148. The predicted octanol–water partition coefficient (Wildman–Crippen LogP) is 2.12. The van der Waals surface area contributed by atoms with Crippen LogP contribution < -0.4 is 0 Å². The third-order valence-electron chi connectivity index (χ3n) is 2.69. The molecular weight excluding hydrogens is 166 g/mol. The van der Waals surface area contributed by atoms with Gasteiger partial charge >= 0.3 is 6.09 Å². The summed E-state index contributed by atoms with van der Waals surface area (Å²) in [7, 11) is 0. The van der Waals surface area contributed by atoms with Gasteiger partial charge in [0.2, 0.25) is 0 Å².